The molecule has 1 saturated carbocycles. The molecule has 0 bridgehead atoms. The standard InChI is InChI=1S/C21H24ClNO3S/c22-19-9-11-20(12-10-19)23-21(24)13-15-1-5-17(6-2-15)18-7-3-16(4-8-18)14-27(25)26/h3-4,7-12,15,17H,1-2,5-6,13-14H2,(H,23,24)(H,25,26). The van der Waals surface area contributed by atoms with Crippen LogP contribution in [0.25, 0.3) is 0 Å². The number of carbonyl (C=O) groups is 1. The van der Waals surface area contributed by atoms with E-state index in [-0.39, 0.29) is 11.7 Å². The van der Waals surface area contributed by atoms with Gasteiger partial charge >= 0.3 is 0 Å². The molecule has 1 aliphatic carbocycles. The smallest absolute Gasteiger partial charge is 0.224 e. The summed E-state index contributed by atoms with van der Waals surface area (Å²) < 4.78 is 19.8. The van der Waals surface area contributed by atoms with Crippen LogP contribution in [0.2, 0.25) is 5.02 Å². The van der Waals surface area contributed by atoms with E-state index in [1.165, 1.54) is 5.56 Å². The van der Waals surface area contributed by atoms with Crippen LogP contribution in [0.1, 0.15) is 49.1 Å². The van der Waals surface area contributed by atoms with E-state index in [4.69, 9.17) is 16.2 Å². The summed E-state index contributed by atoms with van der Waals surface area (Å²) in [6.45, 7) is 0. The number of hydrogen-bond acceptors (Lipinski definition) is 2. The number of halogens is 1. The Hall–Kier alpha value is -1.69. The lowest BCUT2D eigenvalue weighted by Gasteiger charge is -2.28. The van der Waals surface area contributed by atoms with Gasteiger partial charge in [0.15, 0.2) is 11.1 Å². The average Bonchev–Trinajstić information content (AvgIpc) is 2.64. The van der Waals surface area contributed by atoms with Crippen LogP contribution >= 0.6 is 11.6 Å². The van der Waals surface area contributed by atoms with Crippen LogP contribution < -0.4 is 5.32 Å². The second-order valence-electron chi connectivity index (χ2n) is 7.18. The normalized spacial score (nSPS) is 20.8. The summed E-state index contributed by atoms with van der Waals surface area (Å²) in [7, 11) is 0. The number of anilines is 1. The summed E-state index contributed by atoms with van der Waals surface area (Å²) >= 11 is 4.06. The topological polar surface area (TPSA) is 66.4 Å². The second-order valence-corrected chi connectivity index (χ2v) is 8.55. The second kappa shape index (κ2) is 9.49. The fourth-order valence-electron chi connectivity index (χ4n) is 3.74. The van der Waals surface area contributed by atoms with E-state index in [2.05, 4.69) is 17.4 Å². The predicted octanol–water partition coefficient (Wildman–Crippen LogP) is 5.36. The first kappa shape index (κ1) is 20.1. The molecule has 1 atom stereocenters. The third kappa shape index (κ3) is 6.16. The van der Waals surface area contributed by atoms with Crippen LogP contribution in [0, 0.1) is 5.92 Å². The lowest BCUT2D eigenvalue weighted by atomic mass is 9.77. The Kier molecular flexibility index (Phi) is 7.05. The van der Waals surface area contributed by atoms with Crippen LogP contribution in [0.4, 0.5) is 5.69 Å². The van der Waals surface area contributed by atoms with Crippen molar-refractivity contribution in [3.8, 4) is 0 Å². The highest BCUT2D eigenvalue weighted by Gasteiger charge is 2.24. The third-order valence-corrected chi connectivity index (χ3v) is 6.02. The van der Waals surface area contributed by atoms with Gasteiger partial charge in [0.05, 0.1) is 5.75 Å². The third-order valence-electron chi connectivity index (χ3n) is 5.19. The molecule has 2 aromatic rings. The van der Waals surface area contributed by atoms with E-state index < -0.39 is 11.1 Å². The van der Waals surface area contributed by atoms with E-state index in [9.17, 15) is 9.00 Å². The number of carbonyl (C=O) groups excluding carboxylic acids is 1. The molecule has 1 unspecified atom stereocenters. The van der Waals surface area contributed by atoms with Gasteiger partial charge in [-0.1, -0.05) is 35.9 Å². The highest BCUT2D eigenvalue weighted by molar-refractivity contribution is 7.78. The summed E-state index contributed by atoms with van der Waals surface area (Å²) in [6.07, 6.45) is 4.78. The van der Waals surface area contributed by atoms with Crippen molar-refractivity contribution in [2.45, 2.75) is 43.8 Å². The zero-order valence-corrected chi connectivity index (χ0v) is 16.6. The molecule has 27 heavy (non-hydrogen) atoms. The molecule has 0 aromatic heterocycles. The van der Waals surface area contributed by atoms with Crippen molar-refractivity contribution in [3.63, 3.8) is 0 Å². The Morgan fingerprint density at radius 1 is 1.04 bits per heavy atom. The summed E-state index contributed by atoms with van der Waals surface area (Å²) in [5, 5.41) is 3.59. The molecular weight excluding hydrogens is 382 g/mol. The number of rotatable bonds is 6. The zero-order valence-electron chi connectivity index (χ0n) is 15.1. The van der Waals surface area contributed by atoms with Gasteiger partial charge in [0.1, 0.15) is 0 Å². The van der Waals surface area contributed by atoms with E-state index >= 15 is 0 Å². The van der Waals surface area contributed by atoms with E-state index in [1.807, 2.05) is 24.3 Å². The molecule has 2 N–H and O–H groups in total. The molecule has 0 radical (unpaired) electrons. The van der Waals surface area contributed by atoms with Gasteiger partial charge in [-0.25, -0.2) is 4.21 Å². The molecule has 4 nitrogen and oxygen atoms in total. The van der Waals surface area contributed by atoms with Gasteiger partial charge in [0, 0.05) is 17.1 Å². The molecule has 0 spiro atoms. The summed E-state index contributed by atoms with van der Waals surface area (Å²) in [4.78, 5) is 12.3. The molecule has 0 heterocycles. The largest absolute Gasteiger partial charge is 0.326 e. The number of amides is 1. The van der Waals surface area contributed by atoms with E-state index in [0.29, 0.717) is 23.3 Å². The molecule has 1 amide bonds. The molecule has 144 valence electrons. The minimum Gasteiger partial charge on any atom is -0.326 e. The Labute approximate surface area is 167 Å². The van der Waals surface area contributed by atoms with Gasteiger partial charge in [-0.05, 0) is 72.9 Å². The molecule has 1 fully saturated rings. The maximum atomic E-state index is 12.3. The zero-order chi connectivity index (χ0) is 19.2. The van der Waals surface area contributed by atoms with E-state index in [0.717, 1.165) is 36.9 Å². The van der Waals surface area contributed by atoms with Gasteiger partial charge in [-0.3, -0.25) is 4.79 Å². The first-order valence-corrected chi connectivity index (χ1v) is 10.9. The van der Waals surface area contributed by atoms with Crippen LogP contribution in [0.15, 0.2) is 48.5 Å². The molecule has 0 aliphatic heterocycles. The number of nitrogens with one attached hydrogen (secondary N) is 1. The van der Waals surface area contributed by atoms with Gasteiger partial charge in [0.25, 0.3) is 0 Å². The van der Waals surface area contributed by atoms with Crippen LogP contribution in [0.3, 0.4) is 0 Å². The van der Waals surface area contributed by atoms with Crippen molar-refractivity contribution in [2.75, 3.05) is 5.32 Å². The molecule has 3 rings (SSSR count). The van der Waals surface area contributed by atoms with Crippen LogP contribution in [-0.2, 0) is 21.6 Å². The van der Waals surface area contributed by atoms with Gasteiger partial charge in [-0.2, -0.15) is 0 Å². The Balaban J connectivity index is 1.46. The monoisotopic (exact) mass is 405 g/mol. The molecular formula is C21H24ClNO3S. The highest BCUT2D eigenvalue weighted by atomic mass is 35.5. The van der Waals surface area contributed by atoms with Gasteiger partial charge < -0.3 is 9.87 Å². The fraction of sp³-hybridized carbons (Fsp3) is 0.381. The summed E-state index contributed by atoms with van der Waals surface area (Å²) in [5.41, 5.74) is 2.95. The van der Waals surface area contributed by atoms with Gasteiger partial charge in [-0.15, -0.1) is 0 Å². The van der Waals surface area contributed by atoms with E-state index in [1.54, 1.807) is 12.1 Å². The minimum atomic E-state index is -1.80. The molecule has 2 aromatic carbocycles. The van der Waals surface area contributed by atoms with Crippen molar-refractivity contribution in [3.05, 3.63) is 64.7 Å². The Morgan fingerprint density at radius 2 is 1.67 bits per heavy atom. The minimum absolute atomic E-state index is 0.0575. The molecule has 1 aliphatic rings. The molecule has 6 heteroatoms. The lowest BCUT2D eigenvalue weighted by Crippen LogP contribution is -2.20. The van der Waals surface area contributed by atoms with Crippen molar-refractivity contribution in [1.82, 2.24) is 0 Å². The summed E-state index contributed by atoms with van der Waals surface area (Å²) in [5.74, 6) is 1.16. The quantitative estimate of drug-likeness (QED) is 0.635. The summed E-state index contributed by atoms with van der Waals surface area (Å²) in [6, 6.07) is 15.2. The Morgan fingerprint density at radius 3 is 2.26 bits per heavy atom. The van der Waals surface area contributed by atoms with Crippen molar-refractivity contribution >= 4 is 34.3 Å². The number of benzene rings is 2. The first-order chi connectivity index (χ1) is 13.0. The van der Waals surface area contributed by atoms with Crippen molar-refractivity contribution in [2.24, 2.45) is 5.92 Å². The van der Waals surface area contributed by atoms with Crippen LogP contribution in [-0.4, -0.2) is 14.7 Å². The van der Waals surface area contributed by atoms with Crippen molar-refractivity contribution in [1.29, 1.82) is 0 Å². The maximum absolute atomic E-state index is 12.3. The fourth-order valence-corrected chi connectivity index (χ4v) is 4.34. The van der Waals surface area contributed by atoms with Crippen LogP contribution in [0.5, 0.6) is 0 Å². The first-order valence-electron chi connectivity index (χ1n) is 9.21. The Bertz CT molecular complexity index is 784. The van der Waals surface area contributed by atoms with Gasteiger partial charge in [0.2, 0.25) is 5.91 Å². The highest BCUT2D eigenvalue weighted by Crippen LogP contribution is 2.37. The molecule has 0 saturated heterocycles. The van der Waals surface area contributed by atoms with Crippen molar-refractivity contribution < 1.29 is 13.6 Å². The lowest BCUT2D eigenvalue weighted by molar-refractivity contribution is -0.117. The number of hydrogen-bond donors (Lipinski definition) is 2. The maximum Gasteiger partial charge on any atom is 0.224 e. The SMILES string of the molecule is O=C(CC1CCC(c2ccc(CS(=O)O)cc2)CC1)Nc1ccc(Cl)cc1. The average molecular weight is 406 g/mol. The predicted molar refractivity (Wildman–Crippen MR) is 110 cm³/mol.